The highest BCUT2D eigenvalue weighted by molar-refractivity contribution is 6.74. The molecule has 4 saturated carbocycles. The molecule has 0 aromatic heterocycles. The van der Waals surface area contributed by atoms with Gasteiger partial charge in [0.25, 0.3) is 0 Å². The van der Waals surface area contributed by atoms with Gasteiger partial charge in [0.2, 0.25) is 0 Å². The van der Waals surface area contributed by atoms with Crippen LogP contribution in [0.15, 0.2) is 0 Å². The monoisotopic (exact) mass is 564 g/mol. The average molecular weight is 565 g/mol. The molecule has 4 rings (SSSR count). The summed E-state index contributed by atoms with van der Waals surface area (Å²) in [5, 5.41) is 12.9. The molecule has 38 heavy (non-hydrogen) atoms. The lowest BCUT2D eigenvalue weighted by molar-refractivity contribution is -0.183. The zero-order valence-electron chi connectivity index (χ0n) is 27.6. The van der Waals surface area contributed by atoms with Gasteiger partial charge in [-0.2, -0.15) is 0 Å². The second kappa shape index (κ2) is 9.68. The minimum atomic E-state index is -1.95. The Bertz CT molecular complexity index is 872. The lowest BCUT2D eigenvalue weighted by atomic mass is 9.44. The summed E-state index contributed by atoms with van der Waals surface area (Å²) in [7, 11) is -3.67. The van der Waals surface area contributed by atoms with Crippen LogP contribution in [0.1, 0.15) is 120 Å². The Labute approximate surface area is 238 Å². The molecular weight excluding hydrogens is 501 g/mol. The first kappa shape index (κ1) is 31.3. The normalized spacial score (nSPS) is 43.3. The van der Waals surface area contributed by atoms with E-state index in [2.05, 4.69) is 88.5 Å². The number of fused-ring (bicyclic) bond motifs is 5. The molecule has 4 aliphatic carbocycles. The second-order valence-corrected chi connectivity index (χ2v) is 27.4. The fourth-order valence-corrected chi connectivity index (χ4v) is 12.2. The van der Waals surface area contributed by atoms with E-state index in [1.807, 2.05) is 0 Å². The average Bonchev–Trinajstić information content (AvgIpc) is 3.04. The molecule has 3 nitrogen and oxygen atoms in total. The van der Waals surface area contributed by atoms with Gasteiger partial charge in [0.1, 0.15) is 0 Å². The third-order valence-electron chi connectivity index (χ3n) is 14.1. The van der Waals surface area contributed by atoms with E-state index < -0.39 is 22.2 Å². The van der Waals surface area contributed by atoms with Crippen molar-refractivity contribution < 1.29 is 14.0 Å². The summed E-state index contributed by atoms with van der Waals surface area (Å²) in [6.45, 7) is 30.9. The number of rotatable bonds is 5. The van der Waals surface area contributed by atoms with Gasteiger partial charge in [-0.15, -0.1) is 0 Å². The second-order valence-electron chi connectivity index (χ2n) is 17.9. The summed E-state index contributed by atoms with van der Waals surface area (Å²) >= 11 is 0. The Morgan fingerprint density at radius 1 is 0.763 bits per heavy atom. The Balaban J connectivity index is 1.49. The van der Waals surface area contributed by atoms with Gasteiger partial charge in [-0.25, -0.2) is 0 Å². The molecule has 0 saturated heterocycles. The predicted octanol–water partition coefficient (Wildman–Crippen LogP) is 9.56. The molecule has 0 radical (unpaired) electrons. The number of hydrogen-bond donors (Lipinski definition) is 1. The topological polar surface area (TPSA) is 38.7 Å². The molecule has 222 valence electrons. The van der Waals surface area contributed by atoms with Crippen molar-refractivity contribution >= 4 is 16.6 Å². The first-order chi connectivity index (χ1) is 17.1. The van der Waals surface area contributed by atoms with Crippen LogP contribution in [0.3, 0.4) is 0 Å². The quantitative estimate of drug-likeness (QED) is 0.338. The van der Waals surface area contributed by atoms with Crippen molar-refractivity contribution in [3.63, 3.8) is 0 Å². The first-order valence-corrected chi connectivity index (χ1v) is 22.0. The van der Waals surface area contributed by atoms with E-state index in [9.17, 15) is 5.11 Å². The van der Waals surface area contributed by atoms with Gasteiger partial charge in [0.05, 0.1) is 11.7 Å². The molecule has 0 aliphatic heterocycles. The van der Waals surface area contributed by atoms with Gasteiger partial charge in [-0.1, -0.05) is 55.4 Å². The minimum absolute atomic E-state index is 0.0260. The van der Waals surface area contributed by atoms with E-state index >= 15 is 0 Å². The van der Waals surface area contributed by atoms with Crippen LogP contribution in [0, 0.1) is 34.5 Å². The third kappa shape index (κ3) is 4.88. The molecule has 0 bridgehead atoms. The third-order valence-corrected chi connectivity index (χ3v) is 23.1. The van der Waals surface area contributed by atoms with Crippen molar-refractivity contribution in [2.24, 2.45) is 34.5 Å². The summed E-state index contributed by atoms with van der Waals surface area (Å²) < 4.78 is 13.9. The molecule has 5 heteroatoms. The molecule has 4 fully saturated rings. The summed E-state index contributed by atoms with van der Waals surface area (Å²) in [6, 6.07) is 0. The van der Waals surface area contributed by atoms with Crippen LogP contribution in [0.2, 0.25) is 36.3 Å². The molecule has 1 N–H and O–H groups in total. The van der Waals surface area contributed by atoms with Crippen LogP contribution in [0.4, 0.5) is 0 Å². The van der Waals surface area contributed by atoms with Crippen LogP contribution in [-0.2, 0) is 8.85 Å². The number of aliphatic hydroxyl groups is 1. The maximum atomic E-state index is 12.4. The van der Waals surface area contributed by atoms with E-state index in [-0.39, 0.29) is 21.6 Å². The SMILES string of the molecule is C[C@H](O[Si](C)(C)C(C)(C)C)[C@@]1(O)CCC2C3CC[C@@H]4C[C@H](O[Si](C)(C)C(C)(C)C)CCC4(C)C3CCC21C. The van der Waals surface area contributed by atoms with Crippen molar-refractivity contribution in [1.29, 1.82) is 0 Å². The van der Waals surface area contributed by atoms with E-state index in [0.29, 0.717) is 17.4 Å². The van der Waals surface area contributed by atoms with Crippen molar-refractivity contribution in [3.8, 4) is 0 Å². The Morgan fingerprint density at radius 3 is 1.92 bits per heavy atom. The van der Waals surface area contributed by atoms with Crippen LogP contribution < -0.4 is 0 Å². The van der Waals surface area contributed by atoms with Crippen molar-refractivity contribution in [1.82, 2.24) is 0 Å². The first-order valence-electron chi connectivity index (χ1n) is 16.2. The molecule has 0 aromatic carbocycles. The minimum Gasteiger partial charge on any atom is -0.414 e. The molecule has 0 aromatic rings. The van der Waals surface area contributed by atoms with E-state index in [0.717, 1.165) is 30.6 Å². The van der Waals surface area contributed by atoms with Gasteiger partial charge in [0.15, 0.2) is 16.6 Å². The molecule has 0 amide bonds. The van der Waals surface area contributed by atoms with E-state index in [1.54, 1.807) is 0 Å². The van der Waals surface area contributed by atoms with Crippen LogP contribution >= 0.6 is 0 Å². The highest BCUT2D eigenvalue weighted by Gasteiger charge is 2.66. The lowest BCUT2D eigenvalue weighted by Gasteiger charge is -2.62. The van der Waals surface area contributed by atoms with Crippen molar-refractivity contribution in [3.05, 3.63) is 0 Å². The maximum Gasteiger partial charge on any atom is 0.192 e. The van der Waals surface area contributed by atoms with Crippen LogP contribution in [-0.4, -0.2) is 39.6 Å². The zero-order valence-corrected chi connectivity index (χ0v) is 29.6. The van der Waals surface area contributed by atoms with Crippen molar-refractivity contribution in [2.45, 2.75) is 174 Å². The van der Waals surface area contributed by atoms with E-state index in [1.165, 1.54) is 44.9 Å². The molecular formula is C33H64O3Si2. The smallest absolute Gasteiger partial charge is 0.192 e. The fourth-order valence-electron chi connectivity index (χ4n) is 9.35. The number of hydrogen-bond acceptors (Lipinski definition) is 3. The lowest BCUT2D eigenvalue weighted by Crippen LogP contribution is -2.61. The zero-order chi connectivity index (χ0) is 28.7. The summed E-state index contributed by atoms with van der Waals surface area (Å²) in [5.74, 6) is 3.02. The van der Waals surface area contributed by atoms with Gasteiger partial charge >= 0.3 is 0 Å². The highest BCUT2D eigenvalue weighted by atomic mass is 28.4. The molecule has 4 aliphatic rings. The molecule has 0 spiro atoms. The van der Waals surface area contributed by atoms with Gasteiger partial charge in [-0.3, -0.25) is 0 Å². The summed E-state index contributed by atoms with van der Waals surface area (Å²) in [4.78, 5) is 0. The van der Waals surface area contributed by atoms with Crippen LogP contribution in [0.25, 0.3) is 0 Å². The van der Waals surface area contributed by atoms with Gasteiger partial charge in [-0.05, 0) is 130 Å². The fraction of sp³-hybridized carbons (Fsp3) is 1.00. The Morgan fingerprint density at radius 2 is 1.34 bits per heavy atom. The standard InChI is InChI=1S/C33H64O3Si2/c1-23(35-37(10,11)29(2,3)4)33(34)21-18-28-26-15-14-24-22-25(36-38(12,13)30(5,6)7)16-19-31(24,8)27(26)17-20-32(28,33)9/h23-28,34H,14-22H2,1-13H3/t23-,24+,25+,26?,27?,28?,31?,32?,33-/m0/s1. The summed E-state index contributed by atoms with van der Waals surface area (Å²) in [6.07, 6.45) is 11.5. The Hall–Kier alpha value is 0.314. The van der Waals surface area contributed by atoms with Gasteiger partial charge < -0.3 is 14.0 Å². The van der Waals surface area contributed by atoms with E-state index in [4.69, 9.17) is 8.85 Å². The predicted molar refractivity (Wildman–Crippen MR) is 166 cm³/mol. The molecule has 5 unspecified atom stereocenters. The molecule has 0 heterocycles. The Kier molecular flexibility index (Phi) is 7.96. The highest BCUT2D eigenvalue weighted by Crippen LogP contribution is 2.69. The maximum absolute atomic E-state index is 12.4. The largest absolute Gasteiger partial charge is 0.414 e. The summed E-state index contributed by atoms with van der Waals surface area (Å²) in [5.41, 5.74) is -0.284. The van der Waals surface area contributed by atoms with Gasteiger partial charge in [0, 0.05) is 11.5 Å². The van der Waals surface area contributed by atoms with Crippen molar-refractivity contribution in [2.75, 3.05) is 0 Å². The molecule has 9 atom stereocenters. The van der Waals surface area contributed by atoms with Crippen LogP contribution in [0.5, 0.6) is 0 Å².